The first-order valence-electron chi connectivity index (χ1n) is 11.0. The molecule has 0 spiro atoms. The second kappa shape index (κ2) is 7.03. The molecule has 1 aliphatic rings. The van der Waals surface area contributed by atoms with E-state index in [2.05, 4.69) is 94.8 Å². The van der Waals surface area contributed by atoms with Crippen molar-refractivity contribution in [2.24, 2.45) is 0 Å². The molecule has 0 fully saturated rings. The van der Waals surface area contributed by atoms with Crippen molar-refractivity contribution in [3.05, 3.63) is 109 Å². The van der Waals surface area contributed by atoms with E-state index in [-0.39, 0.29) is 0 Å². The zero-order chi connectivity index (χ0) is 21.9. The summed E-state index contributed by atoms with van der Waals surface area (Å²) >= 11 is 6.47. The number of benzene rings is 4. The Balaban J connectivity index is 1.36. The van der Waals surface area contributed by atoms with Crippen molar-refractivity contribution in [2.45, 2.75) is 6.54 Å². The Morgan fingerprint density at radius 2 is 1.39 bits per heavy atom. The minimum absolute atomic E-state index is 0.656. The zero-order valence-electron chi connectivity index (χ0n) is 17.7. The number of hydrogen-bond donors (Lipinski definition) is 1. The Bertz CT molecular complexity index is 1670. The fourth-order valence-electron chi connectivity index (χ4n) is 5.02. The van der Waals surface area contributed by atoms with E-state index in [0.29, 0.717) is 11.6 Å². The molecule has 33 heavy (non-hydrogen) atoms. The minimum atomic E-state index is 0.656. The van der Waals surface area contributed by atoms with Crippen LogP contribution in [0.3, 0.4) is 0 Å². The van der Waals surface area contributed by atoms with Gasteiger partial charge in [-0.3, -0.25) is 0 Å². The van der Waals surface area contributed by atoms with Gasteiger partial charge in [0.25, 0.3) is 0 Å². The highest BCUT2D eigenvalue weighted by Gasteiger charge is 2.20. The second-order valence-electron chi connectivity index (χ2n) is 8.40. The van der Waals surface area contributed by atoms with Crippen LogP contribution in [0.15, 0.2) is 102 Å². The van der Waals surface area contributed by atoms with Crippen molar-refractivity contribution in [2.75, 3.05) is 0 Å². The molecule has 2 aromatic heterocycles. The summed E-state index contributed by atoms with van der Waals surface area (Å²) in [6.45, 7) is 0.656. The molecule has 4 aromatic carbocycles. The molecule has 0 unspecified atom stereocenters. The molecule has 0 bridgehead atoms. The molecule has 0 saturated heterocycles. The van der Waals surface area contributed by atoms with Crippen LogP contribution >= 0.6 is 11.6 Å². The molecule has 1 N–H and O–H groups in total. The Labute approximate surface area is 195 Å². The Morgan fingerprint density at radius 1 is 0.727 bits per heavy atom. The molecule has 0 atom stereocenters. The van der Waals surface area contributed by atoms with Crippen LogP contribution in [-0.2, 0) is 6.54 Å². The molecule has 7 rings (SSSR count). The molecule has 3 nitrogen and oxygen atoms in total. The number of nitrogens with one attached hydrogen (secondary N) is 1. The number of aromatic nitrogens is 1. The van der Waals surface area contributed by atoms with E-state index in [9.17, 15) is 0 Å². The lowest BCUT2D eigenvalue weighted by Gasteiger charge is -2.10. The molecule has 0 saturated carbocycles. The third-order valence-electron chi connectivity index (χ3n) is 6.53. The van der Waals surface area contributed by atoms with Crippen molar-refractivity contribution < 1.29 is 4.42 Å². The highest BCUT2D eigenvalue weighted by Crippen LogP contribution is 2.38. The average Bonchev–Trinajstić information content (AvgIpc) is 3.40. The van der Waals surface area contributed by atoms with Gasteiger partial charge in [0.1, 0.15) is 11.3 Å². The average molecular weight is 447 g/mol. The van der Waals surface area contributed by atoms with Gasteiger partial charge in [0, 0.05) is 33.6 Å². The third-order valence-corrected chi connectivity index (χ3v) is 6.83. The van der Waals surface area contributed by atoms with Crippen molar-refractivity contribution in [1.29, 1.82) is 0 Å². The number of rotatable bonds is 2. The van der Waals surface area contributed by atoms with E-state index in [4.69, 9.17) is 16.0 Å². The van der Waals surface area contributed by atoms with Gasteiger partial charge in [-0.15, -0.1) is 0 Å². The summed E-state index contributed by atoms with van der Waals surface area (Å²) in [7, 11) is 0. The summed E-state index contributed by atoms with van der Waals surface area (Å²) < 4.78 is 8.35. The summed E-state index contributed by atoms with van der Waals surface area (Å²) in [6, 6.07) is 32.2. The van der Waals surface area contributed by atoms with Crippen LogP contribution in [0.1, 0.15) is 11.3 Å². The lowest BCUT2D eigenvalue weighted by molar-refractivity contribution is 0.532. The Morgan fingerprint density at radius 3 is 2.12 bits per heavy atom. The fourth-order valence-corrected chi connectivity index (χ4v) is 5.31. The van der Waals surface area contributed by atoms with E-state index in [1.807, 2.05) is 12.3 Å². The van der Waals surface area contributed by atoms with Gasteiger partial charge in [-0.05, 0) is 47.5 Å². The molecule has 3 heterocycles. The lowest BCUT2D eigenvalue weighted by Crippen LogP contribution is -2.10. The van der Waals surface area contributed by atoms with Crippen LogP contribution in [0.5, 0.6) is 0 Å². The minimum Gasteiger partial charge on any atom is -0.458 e. The predicted octanol–water partition coefficient (Wildman–Crippen LogP) is 7.84. The van der Waals surface area contributed by atoms with Crippen molar-refractivity contribution in [3.8, 4) is 16.8 Å². The maximum absolute atomic E-state index is 6.47. The van der Waals surface area contributed by atoms with Gasteiger partial charge >= 0.3 is 0 Å². The number of halogens is 1. The van der Waals surface area contributed by atoms with Crippen LogP contribution < -0.4 is 5.32 Å². The standard InChI is InChI=1S/C29H19ClN2O/c30-24-16-31-17-28-29(24)23-15-19(11-14-27(23)33-28)18-9-12-20(13-10-18)32-25-7-3-1-5-21(25)22-6-2-4-8-26(22)32/h1-16,31H,17H2. The first kappa shape index (κ1) is 18.6. The molecular weight excluding hydrogens is 428 g/mol. The number of para-hydroxylation sites is 2. The Kier molecular flexibility index (Phi) is 3.96. The summed E-state index contributed by atoms with van der Waals surface area (Å²) in [5.41, 5.74) is 7.74. The predicted molar refractivity (Wildman–Crippen MR) is 137 cm³/mol. The maximum atomic E-state index is 6.47. The van der Waals surface area contributed by atoms with Crippen LogP contribution in [0.25, 0.3) is 54.6 Å². The summed E-state index contributed by atoms with van der Waals surface area (Å²) in [5, 5.41) is 7.43. The smallest absolute Gasteiger partial charge is 0.135 e. The van der Waals surface area contributed by atoms with Gasteiger partial charge in [-0.1, -0.05) is 66.2 Å². The highest BCUT2D eigenvalue weighted by atomic mass is 35.5. The van der Waals surface area contributed by atoms with Crippen molar-refractivity contribution in [1.82, 2.24) is 9.88 Å². The number of fused-ring (bicyclic) bond motifs is 6. The van der Waals surface area contributed by atoms with E-state index in [1.165, 1.54) is 21.8 Å². The van der Waals surface area contributed by atoms with Crippen molar-refractivity contribution in [3.63, 3.8) is 0 Å². The topological polar surface area (TPSA) is 30.1 Å². The van der Waals surface area contributed by atoms with Gasteiger partial charge in [0.15, 0.2) is 0 Å². The van der Waals surface area contributed by atoms with Gasteiger partial charge in [-0.25, -0.2) is 0 Å². The first-order chi connectivity index (χ1) is 16.3. The van der Waals surface area contributed by atoms with Crippen molar-refractivity contribution >= 4 is 49.4 Å². The van der Waals surface area contributed by atoms with E-state index in [0.717, 1.165) is 39.1 Å². The molecule has 0 aliphatic carbocycles. The summed E-state index contributed by atoms with van der Waals surface area (Å²) in [6.07, 6.45) is 1.84. The quantitative estimate of drug-likeness (QED) is 0.293. The Hall–Kier alpha value is -3.95. The van der Waals surface area contributed by atoms with Crippen LogP contribution in [-0.4, -0.2) is 4.57 Å². The normalized spacial score (nSPS) is 13.3. The van der Waals surface area contributed by atoms with E-state index in [1.54, 1.807) is 0 Å². The molecule has 6 aromatic rings. The van der Waals surface area contributed by atoms with E-state index < -0.39 is 0 Å². The van der Waals surface area contributed by atoms with E-state index >= 15 is 0 Å². The van der Waals surface area contributed by atoms with Gasteiger partial charge < -0.3 is 14.3 Å². The SMILES string of the molecule is ClC1=CNCc2oc3ccc(-c4ccc(-n5c6ccccc6c6ccccc65)cc4)cc3c21. The zero-order valence-corrected chi connectivity index (χ0v) is 18.4. The van der Waals surface area contributed by atoms with Crippen LogP contribution in [0.4, 0.5) is 0 Å². The van der Waals surface area contributed by atoms with Gasteiger partial charge in [0.05, 0.1) is 22.6 Å². The monoisotopic (exact) mass is 446 g/mol. The van der Waals surface area contributed by atoms with Crippen LogP contribution in [0.2, 0.25) is 0 Å². The van der Waals surface area contributed by atoms with Crippen LogP contribution in [0, 0.1) is 0 Å². The fraction of sp³-hybridized carbons (Fsp3) is 0.0345. The number of furan rings is 1. The molecule has 0 amide bonds. The molecule has 1 aliphatic heterocycles. The molecular formula is C29H19ClN2O. The third kappa shape index (κ3) is 2.76. The maximum Gasteiger partial charge on any atom is 0.135 e. The van der Waals surface area contributed by atoms with Gasteiger partial charge in [0.2, 0.25) is 0 Å². The summed E-state index contributed by atoms with van der Waals surface area (Å²) in [4.78, 5) is 0. The van der Waals surface area contributed by atoms with Gasteiger partial charge in [-0.2, -0.15) is 0 Å². The largest absolute Gasteiger partial charge is 0.458 e. The molecule has 0 radical (unpaired) electrons. The lowest BCUT2D eigenvalue weighted by atomic mass is 10.0. The first-order valence-corrected chi connectivity index (χ1v) is 11.4. The molecule has 158 valence electrons. The number of nitrogens with zero attached hydrogens (tertiary/aromatic N) is 1. The highest BCUT2D eigenvalue weighted by molar-refractivity contribution is 6.50. The summed E-state index contributed by atoms with van der Waals surface area (Å²) in [5.74, 6) is 0.886. The molecule has 4 heteroatoms. The second-order valence-corrected chi connectivity index (χ2v) is 8.81. The number of hydrogen-bond acceptors (Lipinski definition) is 2.